The number of rotatable bonds is 5. The molecule has 2 nitrogen and oxygen atoms in total. The fraction of sp³-hybridized carbons (Fsp3) is 0.143. The van der Waals surface area contributed by atoms with E-state index >= 15 is 0 Å². The van der Waals surface area contributed by atoms with Gasteiger partial charge in [-0.3, -0.25) is 0 Å². The number of hydrogen-bond donors (Lipinski definition) is 1. The van der Waals surface area contributed by atoms with Gasteiger partial charge in [-0.25, -0.2) is 0 Å². The molecule has 0 spiro atoms. The van der Waals surface area contributed by atoms with Crippen LogP contribution in [0.5, 0.6) is 5.75 Å². The van der Waals surface area contributed by atoms with E-state index in [0.717, 1.165) is 17.3 Å². The summed E-state index contributed by atoms with van der Waals surface area (Å²) < 4.78 is 0. The summed E-state index contributed by atoms with van der Waals surface area (Å²) in [7, 11) is 14.3. The van der Waals surface area contributed by atoms with Crippen molar-refractivity contribution in [3.05, 3.63) is 83.9 Å². The maximum atomic E-state index is 10.7. The normalized spacial score (nSPS) is 10.4. The van der Waals surface area contributed by atoms with Crippen LogP contribution in [0, 0.1) is 0 Å². The van der Waals surface area contributed by atoms with E-state index in [2.05, 4.69) is 55.4 Å². The number of anilines is 1. The fourth-order valence-corrected chi connectivity index (χ4v) is 4.13. The number of phenolic OH excluding ortho intramolecular Hbond substituents is 1. The van der Waals surface area contributed by atoms with Gasteiger partial charge in [0.25, 0.3) is 0 Å². The second-order valence-corrected chi connectivity index (χ2v) is 9.99. The molecule has 0 amide bonds. The Morgan fingerprint density at radius 2 is 1.44 bits per heavy atom. The summed E-state index contributed by atoms with van der Waals surface area (Å²) in [5.41, 5.74) is 3.39. The SMILES string of the molecule is CN(C)c1ccccc1Pc1cccc(Cc2ccccc2)c1O.[Cl][Ti][Cl]. The van der Waals surface area contributed by atoms with E-state index in [-0.39, 0.29) is 0 Å². The molecule has 1 N–H and O–H groups in total. The van der Waals surface area contributed by atoms with E-state index in [1.807, 2.05) is 36.4 Å². The second-order valence-electron chi connectivity index (χ2n) is 6.08. The molecule has 140 valence electrons. The molecular formula is C21H22Cl2NOPTi. The number of hydrogen-bond acceptors (Lipinski definition) is 2. The number of phenols is 1. The molecule has 1 unspecified atom stereocenters. The van der Waals surface area contributed by atoms with Crippen LogP contribution in [0.4, 0.5) is 5.69 Å². The molecule has 0 aliphatic rings. The van der Waals surface area contributed by atoms with Gasteiger partial charge < -0.3 is 10.0 Å². The van der Waals surface area contributed by atoms with Crippen LogP contribution in [0.1, 0.15) is 11.1 Å². The molecule has 0 fully saturated rings. The van der Waals surface area contributed by atoms with Gasteiger partial charge in [-0.05, 0) is 17.2 Å². The second kappa shape index (κ2) is 11.7. The van der Waals surface area contributed by atoms with Crippen molar-refractivity contribution in [1.82, 2.24) is 0 Å². The summed E-state index contributed by atoms with van der Waals surface area (Å²) in [5, 5.41) is 13.0. The third kappa shape index (κ3) is 6.82. The summed E-state index contributed by atoms with van der Waals surface area (Å²) in [6.07, 6.45) is 0.750. The Kier molecular flexibility index (Phi) is 9.69. The first-order chi connectivity index (χ1) is 13.1. The maximum absolute atomic E-state index is 10.7. The standard InChI is InChI=1S/C21H22NOP.2ClH.Ti/c1-22(2)18-12-6-7-13-19(18)24-20-14-8-11-17(21(20)23)15-16-9-4-3-5-10-16;;;/h3-14,23-24H,15H2,1-2H3;2*1H;/q;;;+2/p-2. The Hall–Kier alpha value is -1.02. The average molecular weight is 454 g/mol. The molecule has 0 bridgehead atoms. The summed E-state index contributed by atoms with van der Waals surface area (Å²) in [6, 6.07) is 24.7. The van der Waals surface area contributed by atoms with Crippen LogP contribution in [0.15, 0.2) is 72.8 Å². The molecule has 0 aromatic heterocycles. The third-order valence-electron chi connectivity index (χ3n) is 4.01. The molecule has 0 saturated carbocycles. The van der Waals surface area contributed by atoms with Gasteiger partial charge >= 0.3 is 35.6 Å². The van der Waals surface area contributed by atoms with Crippen molar-refractivity contribution in [3.8, 4) is 5.75 Å². The summed E-state index contributed by atoms with van der Waals surface area (Å²) in [4.78, 5) is 2.12. The van der Waals surface area contributed by atoms with Gasteiger partial charge in [0.15, 0.2) is 0 Å². The van der Waals surface area contributed by atoms with Crippen LogP contribution in [0.2, 0.25) is 0 Å². The molecule has 0 saturated heterocycles. The van der Waals surface area contributed by atoms with Crippen LogP contribution in [0.25, 0.3) is 0 Å². The first kappa shape index (κ1) is 22.3. The number of nitrogens with zero attached hydrogens (tertiary/aromatic N) is 1. The molecule has 6 heteroatoms. The zero-order chi connectivity index (χ0) is 19.6. The monoisotopic (exact) mass is 453 g/mol. The summed E-state index contributed by atoms with van der Waals surface area (Å²) in [5.74, 6) is 0.424. The van der Waals surface area contributed by atoms with Gasteiger partial charge in [-0.1, -0.05) is 75.3 Å². The average Bonchev–Trinajstić information content (AvgIpc) is 2.67. The predicted molar refractivity (Wildman–Crippen MR) is 117 cm³/mol. The Bertz CT molecular complexity index is 847. The third-order valence-corrected chi connectivity index (χ3v) is 5.38. The molecule has 0 radical (unpaired) electrons. The molecule has 0 aliphatic carbocycles. The van der Waals surface area contributed by atoms with E-state index in [1.165, 1.54) is 16.6 Å². The molecule has 3 aromatic rings. The first-order valence-corrected chi connectivity index (χ1v) is 13.7. The Balaban J connectivity index is 0.000000817. The Labute approximate surface area is 180 Å². The van der Waals surface area contributed by atoms with Crippen molar-refractivity contribution < 1.29 is 22.1 Å². The molecular weight excluding hydrogens is 432 g/mol. The van der Waals surface area contributed by atoms with Crippen molar-refractivity contribution in [2.45, 2.75) is 6.42 Å². The number of halogens is 2. The van der Waals surface area contributed by atoms with Gasteiger partial charge in [-0.15, -0.1) is 0 Å². The van der Waals surface area contributed by atoms with E-state index < -0.39 is 17.0 Å². The number of aromatic hydroxyl groups is 1. The van der Waals surface area contributed by atoms with Crippen LogP contribution in [-0.2, 0) is 23.5 Å². The van der Waals surface area contributed by atoms with Crippen molar-refractivity contribution in [3.63, 3.8) is 0 Å². The van der Waals surface area contributed by atoms with Crippen LogP contribution >= 0.6 is 27.2 Å². The van der Waals surface area contributed by atoms with Gasteiger partial charge in [0.05, 0.1) is 0 Å². The van der Waals surface area contributed by atoms with Crippen LogP contribution < -0.4 is 15.5 Å². The molecule has 3 aromatic carbocycles. The number of para-hydroxylation sites is 2. The predicted octanol–water partition coefficient (Wildman–Crippen LogP) is 5.05. The zero-order valence-corrected chi connectivity index (χ0v) is 19.4. The van der Waals surface area contributed by atoms with Crippen LogP contribution in [0.3, 0.4) is 0 Å². The fourth-order valence-electron chi connectivity index (χ4n) is 2.77. The van der Waals surface area contributed by atoms with Gasteiger partial charge in [0, 0.05) is 36.8 Å². The van der Waals surface area contributed by atoms with Gasteiger partial charge in [0.2, 0.25) is 0 Å². The Morgan fingerprint density at radius 1 is 0.852 bits per heavy atom. The summed E-state index contributed by atoms with van der Waals surface area (Å²) >= 11 is -0.556. The molecule has 0 aliphatic heterocycles. The first-order valence-electron chi connectivity index (χ1n) is 8.41. The van der Waals surface area contributed by atoms with Crippen molar-refractivity contribution >= 4 is 43.5 Å². The van der Waals surface area contributed by atoms with Crippen molar-refractivity contribution in [2.75, 3.05) is 19.0 Å². The van der Waals surface area contributed by atoms with E-state index in [9.17, 15) is 5.11 Å². The van der Waals surface area contributed by atoms with E-state index in [0.29, 0.717) is 14.3 Å². The molecule has 1 atom stereocenters. The van der Waals surface area contributed by atoms with Crippen molar-refractivity contribution in [2.24, 2.45) is 0 Å². The van der Waals surface area contributed by atoms with Crippen LogP contribution in [-0.4, -0.2) is 19.2 Å². The van der Waals surface area contributed by atoms with Gasteiger partial charge in [0.1, 0.15) is 5.75 Å². The molecule has 0 heterocycles. The van der Waals surface area contributed by atoms with E-state index in [1.54, 1.807) is 0 Å². The topological polar surface area (TPSA) is 23.5 Å². The number of benzene rings is 3. The minimum absolute atomic E-state index is 0.424. The zero-order valence-electron chi connectivity index (χ0n) is 15.3. The summed E-state index contributed by atoms with van der Waals surface area (Å²) in [6.45, 7) is 0. The van der Waals surface area contributed by atoms with E-state index in [4.69, 9.17) is 18.6 Å². The molecule has 3 rings (SSSR count). The Morgan fingerprint density at radius 3 is 2.11 bits per heavy atom. The van der Waals surface area contributed by atoms with Crippen molar-refractivity contribution in [1.29, 1.82) is 0 Å². The quantitative estimate of drug-likeness (QED) is 0.431. The minimum atomic E-state index is -0.556. The molecule has 27 heavy (non-hydrogen) atoms. The van der Waals surface area contributed by atoms with Gasteiger partial charge in [-0.2, -0.15) is 0 Å².